The number of benzene rings is 3. The molecule has 3 aromatic carbocycles. The van der Waals surface area contributed by atoms with Crippen molar-refractivity contribution in [2.24, 2.45) is 17.8 Å². The molecule has 4 rings (SSSR count). The SMILES string of the molecule is COc1ccc([C@@H](N[C@@H](C)c2ccccc2)[P@](=O)(c2ccccc2)C2C[C@H](C)CC[C@H]2C(C)C)cc1. The molecule has 1 aliphatic carbocycles. The van der Waals surface area contributed by atoms with Crippen LogP contribution in [0.4, 0.5) is 0 Å². The molecule has 6 atom stereocenters. The maximum absolute atomic E-state index is 16.0. The van der Waals surface area contributed by atoms with Crippen molar-refractivity contribution >= 4 is 12.4 Å². The number of ether oxygens (including phenoxy) is 1. The lowest BCUT2D eigenvalue weighted by Gasteiger charge is -2.45. The molecule has 3 nitrogen and oxygen atoms in total. The topological polar surface area (TPSA) is 38.3 Å². The second kappa shape index (κ2) is 11.8. The predicted molar refractivity (Wildman–Crippen MR) is 153 cm³/mol. The lowest BCUT2D eigenvalue weighted by Crippen LogP contribution is -2.39. The van der Waals surface area contributed by atoms with Gasteiger partial charge in [-0.05, 0) is 60.8 Å². The fraction of sp³-hybridized carbons (Fsp3) is 0.438. The summed E-state index contributed by atoms with van der Waals surface area (Å²) in [5.74, 6) is 2.02. The summed E-state index contributed by atoms with van der Waals surface area (Å²) < 4.78 is 21.4. The smallest absolute Gasteiger partial charge is 0.139 e. The van der Waals surface area contributed by atoms with Crippen molar-refractivity contribution in [3.63, 3.8) is 0 Å². The zero-order valence-corrected chi connectivity index (χ0v) is 23.3. The Morgan fingerprint density at radius 3 is 2.03 bits per heavy atom. The van der Waals surface area contributed by atoms with E-state index in [1.807, 2.05) is 36.4 Å². The van der Waals surface area contributed by atoms with Gasteiger partial charge in [0.2, 0.25) is 0 Å². The minimum Gasteiger partial charge on any atom is -0.497 e. The van der Waals surface area contributed by atoms with Crippen LogP contribution in [0.15, 0.2) is 84.9 Å². The molecule has 192 valence electrons. The van der Waals surface area contributed by atoms with Gasteiger partial charge in [-0.15, -0.1) is 0 Å². The first kappa shape index (κ1) is 26.7. The summed E-state index contributed by atoms with van der Waals surface area (Å²) in [6, 6.07) is 29.0. The van der Waals surface area contributed by atoms with Gasteiger partial charge >= 0.3 is 0 Å². The summed E-state index contributed by atoms with van der Waals surface area (Å²) >= 11 is 0. The van der Waals surface area contributed by atoms with Gasteiger partial charge < -0.3 is 9.30 Å². The lowest BCUT2D eigenvalue weighted by molar-refractivity contribution is 0.235. The third kappa shape index (κ3) is 5.63. The molecule has 0 spiro atoms. The van der Waals surface area contributed by atoms with E-state index < -0.39 is 7.14 Å². The van der Waals surface area contributed by atoms with Crippen LogP contribution in [-0.4, -0.2) is 12.8 Å². The van der Waals surface area contributed by atoms with Crippen molar-refractivity contribution in [2.75, 3.05) is 7.11 Å². The van der Waals surface area contributed by atoms with Crippen molar-refractivity contribution in [3.05, 3.63) is 96.1 Å². The summed E-state index contributed by atoms with van der Waals surface area (Å²) in [6.07, 6.45) is 3.36. The van der Waals surface area contributed by atoms with Crippen LogP contribution >= 0.6 is 7.14 Å². The third-order valence-electron chi connectivity index (χ3n) is 8.16. The number of nitrogens with one attached hydrogen (secondary N) is 1. The van der Waals surface area contributed by atoms with E-state index in [4.69, 9.17) is 4.74 Å². The van der Waals surface area contributed by atoms with Crippen molar-refractivity contribution in [2.45, 2.75) is 64.4 Å². The van der Waals surface area contributed by atoms with Gasteiger partial charge in [0.25, 0.3) is 0 Å². The van der Waals surface area contributed by atoms with Crippen LogP contribution in [0.1, 0.15) is 69.9 Å². The van der Waals surface area contributed by atoms with Crippen molar-refractivity contribution in [3.8, 4) is 5.75 Å². The second-order valence-corrected chi connectivity index (χ2v) is 14.0. The van der Waals surface area contributed by atoms with E-state index in [0.717, 1.165) is 29.5 Å². The molecule has 0 amide bonds. The molecule has 0 heterocycles. The van der Waals surface area contributed by atoms with E-state index in [0.29, 0.717) is 17.8 Å². The molecule has 1 saturated carbocycles. The van der Waals surface area contributed by atoms with Gasteiger partial charge in [0.15, 0.2) is 0 Å². The molecule has 3 aromatic rings. The minimum atomic E-state index is -2.98. The van der Waals surface area contributed by atoms with Crippen LogP contribution < -0.4 is 15.4 Å². The molecule has 1 fully saturated rings. The molecule has 0 aromatic heterocycles. The Morgan fingerprint density at radius 2 is 1.44 bits per heavy atom. The Balaban J connectivity index is 1.89. The highest BCUT2D eigenvalue weighted by molar-refractivity contribution is 7.72. The molecule has 0 bridgehead atoms. The molecule has 0 radical (unpaired) electrons. The number of rotatable bonds is 9. The first-order valence-electron chi connectivity index (χ1n) is 13.4. The average Bonchev–Trinajstić information content (AvgIpc) is 2.92. The van der Waals surface area contributed by atoms with E-state index >= 15 is 4.57 Å². The molecule has 36 heavy (non-hydrogen) atoms. The first-order chi connectivity index (χ1) is 17.3. The summed E-state index contributed by atoms with van der Waals surface area (Å²) in [5, 5.41) is 4.88. The maximum Gasteiger partial charge on any atom is 0.139 e. The summed E-state index contributed by atoms with van der Waals surface area (Å²) in [7, 11) is -1.29. The second-order valence-electron chi connectivity index (χ2n) is 10.9. The van der Waals surface area contributed by atoms with Crippen LogP contribution in [0.25, 0.3) is 0 Å². The number of hydrogen-bond donors (Lipinski definition) is 1. The van der Waals surface area contributed by atoms with E-state index in [1.165, 1.54) is 12.0 Å². The highest BCUT2D eigenvalue weighted by atomic mass is 31.2. The van der Waals surface area contributed by atoms with Gasteiger partial charge in [0.1, 0.15) is 12.9 Å². The zero-order chi connectivity index (χ0) is 25.7. The normalized spacial score (nSPS) is 23.6. The fourth-order valence-corrected chi connectivity index (χ4v) is 10.6. The van der Waals surface area contributed by atoms with Crippen molar-refractivity contribution < 1.29 is 9.30 Å². The zero-order valence-electron chi connectivity index (χ0n) is 22.4. The van der Waals surface area contributed by atoms with Gasteiger partial charge in [0, 0.05) is 17.0 Å². The van der Waals surface area contributed by atoms with Crippen LogP contribution in [0, 0.1) is 17.8 Å². The molecule has 1 unspecified atom stereocenters. The molecular formula is C32H42NO2P. The van der Waals surface area contributed by atoms with E-state index in [9.17, 15) is 0 Å². The van der Waals surface area contributed by atoms with Crippen molar-refractivity contribution in [1.82, 2.24) is 5.32 Å². The van der Waals surface area contributed by atoms with Crippen LogP contribution in [0.3, 0.4) is 0 Å². The van der Waals surface area contributed by atoms with Crippen LogP contribution in [0.5, 0.6) is 5.75 Å². The Kier molecular flexibility index (Phi) is 8.75. The van der Waals surface area contributed by atoms with Gasteiger partial charge in [-0.3, -0.25) is 5.32 Å². The van der Waals surface area contributed by atoms with Gasteiger partial charge in [-0.1, -0.05) is 100.0 Å². The molecule has 1 aliphatic rings. The third-order valence-corrected chi connectivity index (χ3v) is 12.1. The molecular weight excluding hydrogens is 461 g/mol. The van der Waals surface area contributed by atoms with E-state index in [2.05, 4.69) is 81.5 Å². The monoisotopic (exact) mass is 503 g/mol. The van der Waals surface area contributed by atoms with Crippen molar-refractivity contribution in [1.29, 1.82) is 0 Å². The van der Waals surface area contributed by atoms with Gasteiger partial charge in [-0.2, -0.15) is 0 Å². The number of methoxy groups -OCH3 is 1. The molecule has 1 N–H and O–H groups in total. The maximum atomic E-state index is 16.0. The predicted octanol–water partition coefficient (Wildman–Crippen LogP) is 8.19. The Morgan fingerprint density at radius 1 is 0.833 bits per heavy atom. The molecule has 0 aliphatic heterocycles. The minimum absolute atomic E-state index is 0.0499. The van der Waals surface area contributed by atoms with Crippen LogP contribution in [0.2, 0.25) is 0 Å². The summed E-state index contributed by atoms with van der Waals surface area (Å²) in [4.78, 5) is 0. The van der Waals surface area contributed by atoms with Crippen LogP contribution in [-0.2, 0) is 4.57 Å². The Bertz CT molecular complexity index is 1130. The quantitative estimate of drug-likeness (QED) is 0.299. The molecule has 4 heteroatoms. The Hall–Kier alpha value is -2.35. The van der Waals surface area contributed by atoms with Gasteiger partial charge in [-0.25, -0.2) is 0 Å². The first-order valence-corrected chi connectivity index (χ1v) is 15.3. The fourth-order valence-electron chi connectivity index (χ4n) is 6.08. The molecule has 0 saturated heterocycles. The van der Waals surface area contributed by atoms with E-state index in [1.54, 1.807) is 7.11 Å². The number of hydrogen-bond acceptors (Lipinski definition) is 3. The summed E-state index contributed by atoms with van der Waals surface area (Å²) in [5.41, 5.74) is 2.39. The highest BCUT2D eigenvalue weighted by Crippen LogP contribution is 2.66. The highest BCUT2D eigenvalue weighted by Gasteiger charge is 2.49. The largest absolute Gasteiger partial charge is 0.497 e. The van der Waals surface area contributed by atoms with Gasteiger partial charge in [0.05, 0.1) is 12.9 Å². The van der Waals surface area contributed by atoms with E-state index in [-0.39, 0.29) is 17.5 Å². The average molecular weight is 504 g/mol. The standard InChI is InChI=1S/C32H42NO2P/c1-23(2)30-21-16-24(3)22-31(30)36(34,29-14-10-7-11-15-29)32(27-17-19-28(35-5)20-18-27)33-25(4)26-12-8-6-9-13-26/h6-15,17-20,23-25,30-33H,16,21-22H2,1-5H3/t24-,25+,30+,31?,32+,36+/m1/s1. The Labute approximate surface area is 218 Å². The lowest BCUT2D eigenvalue weighted by atomic mass is 9.77. The summed E-state index contributed by atoms with van der Waals surface area (Å²) in [6.45, 7) is 9.14.